The maximum atomic E-state index is 11.5. The molecule has 1 aromatic heterocycles. The van der Waals surface area contributed by atoms with Crippen LogP contribution in [0.15, 0.2) is 16.5 Å². The molecule has 2 N–H and O–H groups in total. The third kappa shape index (κ3) is 2.46. The van der Waals surface area contributed by atoms with Crippen molar-refractivity contribution in [1.29, 1.82) is 0 Å². The third-order valence-electron chi connectivity index (χ3n) is 3.75. The number of rotatable bonds is 5. The highest BCUT2D eigenvalue weighted by atomic mass is 32.2. The van der Waals surface area contributed by atoms with Gasteiger partial charge in [0.15, 0.2) is 0 Å². The van der Waals surface area contributed by atoms with Crippen molar-refractivity contribution in [2.45, 2.75) is 44.7 Å². The summed E-state index contributed by atoms with van der Waals surface area (Å²) in [7, 11) is -3.63. The summed E-state index contributed by atoms with van der Waals surface area (Å²) in [6, 6.07) is 3.88. The molecule has 1 aromatic rings. The second-order valence-electron chi connectivity index (χ2n) is 5.44. The van der Waals surface area contributed by atoms with Gasteiger partial charge in [-0.3, -0.25) is 0 Å². The molecular weight excluding hydrogens is 252 g/mol. The fraction of sp³-hybridized carbons (Fsp3) is 0.667. The first kappa shape index (κ1) is 12.2. The molecule has 100 valence electrons. The Hall–Kier alpha value is -0.850. The molecule has 0 radical (unpaired) electrons. The van der Waals surface area contributed by atoms with E-state index < -0.39 is 10.2 Å². The fourth-order valence-electron chi connectivity index (χ4n) is 2.34. The molecule has 2 saturated carbocycles. The first-order valence-electron chi connectivity index (χ1n) is 6.33. The van der Waals surface area contributed by atoms with E-state index >= 15 is 0 Å². The van der Waals surface area contributed by atoms with Crippen molar-refractivity contribution >= 4 is 10.2 Å². The van der Waals surface area contributed by atoms with Crippen LogP contribution in [0.5, 0.6) is 0 Å². The molecule has 2 fully saturated rings. The van der Waals surface area contributed by atoms with Crippen molar-refractivity contribution in [2.24, 2.45) is 11.1 Å². The zero-order valence-electron chi connectivity index (χ0n) is 10.4. The Morgan fingerprint density at radius 2 is 2.11 bits per heavy atom. The van der Waals surface area contributed by atoms with Gasteiger partial charge in [-0.1, -0.05) is 6.92 Å². The van der Waals surface area contributed by atoms with Crippen LogP contribution >= 0.6 is 0 Å². The summed E-state index contributed by atoms with van der Waals surface area (Å²) in [5.41, 5.74) is 0. The standard InChI is InChI=1S/C12H18N2O3S/c1-8-6-11(8)12-5-4-10(17-12)7-14(9-2-3-9)18(13,15)16/h4-5,8-9,11H,2-3,6-7H2,1H3,(H2,13,15,16)/t8-,11-/m1/s1. The monoisotopic (exact) mass is 270 g/mol. The number of hydrogen-bond donors (Lipinski definition) is 1. The van der Waals surface area contributed by atoms with Gasteiger partial charge in [-0.25, -0.2) is 5.14 Å². The Morgan fingerprint density at radius 1 is 1.44 bits per heavy atom. The van der Waals surface area contributed by atoms with Gasteiger partial charge in [0.2, 0.25) is 0 Å². The van der Waals surface area contributed by atoms with Gasteiger partial charge in [-0.15, -0.1) is 0 Å². The van der Waals surface area contributed by atoms with E-state index in [9.17, 15) is 8.42 Å². The molecule has 0 bridgehead atoms. The van der Waals surface area contributed by atoms with E-state index in [1.807, 2.05) is 12.1 Å². The highest BCUT2D eigenvalue weighted by molar-refractivity contribution is 7.86. The quantitative estimate of drug-likeness (QED) is 0.882. The van der Waals surface area contributed by atoms with Crippen molar-refractivity contribution in [3.05, 3.63) is 23.7 Å². The minimum Gasteiger partial charge on any atom is -0.464 e. The summed E-state index contributed by atoms with van der Waals surface area (Å²) < 4.78 is 30.0. The molecule has 5 nitrogen and oxygen atoms in total. The first-order valence-corrected chi connectivity index (χ1v) is 7.83. The van der Waals surface area contributed by atoms with Crippen molar-refractivity contribution in [3.8, 4) is 0 Å². The second kappa shape index (κ2) is 4.08. The Morgan fingerprint density at radius 3 is 2.61 bits per heavy atom. The maximum Gasteiger partial charge on any atom is 0.277 e. The van der Waals surface area contributed by atoms with Crippen molar-refractivity contribution < 1.29 is 12.8 Å². The van der Waals surface area contributed by atoms with E-state index in [4.69, 9.17) is 9.56 Å². The molecule has 0 aromatic carbocycles. The van der Waals surface area contributed by atoms with Crippen LogP contribution < -0.4 is 5.14 Å². The molecule has 1 heterocycles. The average molecular weight is 270 g/mol. The normalized spacial score (nSPS) is 27.7. The van der Waals surface area contributed by atoms with Gasteiger partial charge in [0.25, 0.3) is 10.2 Å². The minimum absolute atomic E-state index is 0.0633. The summed E-state index contributed by atoms with van der Waals surface area (Å²) in [6.45, 7) is 2.44. The van der Waals surface area contributed by atoms with Crippen LogP contribution in [0.25, 0.3) is 0 Å². The van der Waals surface area contributed by atoms with Crippen LogP contribution in [0, 0.1) is 5.92 Å². The topological polar surface area (TPSA) is 76.5 Å². The predicted molar refractivity (Wildman–Crippen MR) is 66.9 cm³/mol. The molecule has 2 aliphatic carbocycles. The van der Waals surface area contributed by atoms with Crippen LogP contribution in [0.2, 0.25) is 0 Å². The number of nitrogens with two attached hydrogens (primary N) is 1. The van der Waals surface area contributed by atoms with E-state index in [0.717, 1.165) is 25.0 Å². The van der Waals surface area contributed by atoms with E-state index in [1.54, 1.807) is 0 Å². The smallest absolute Gasteiger partial charge is 0.277 e. The zero-order valence-corrected chi connectivity index (χ0v) is 11.2. The molecule has 0 unspecified atom stereocenters. The van der Waals surface area contributed by atoms with Gasteiger partial charge in [0, 0.05) is 12.0 Å². The summed E-state index contributed by atoms with van der Waals surface area (Å²) in [6.07, 6.45) is 2.95. The highest BCUT2D eigenvalue weighted by Crippen LogP contribution is 2.47. The van der Waals surface area contributed by atoms with Crippen LogP contribution in [0.4, 0.5) is 0 Å². The van der Waals surface area contributed by atoms with Gasteiger partial charge in [0.1, 0.15) is 11.5 Å². The highest BCUT2D eigenvalue weighted by Gasteiger charge is 2.38. The second-order valence-corrected chi connectivity index (χ2v) is 6.94. The largest absolute Gasteiger partial charge is 0.464 e. The van der Waals surface area contributed by atoms with Crippen LogP contribution in [0.3, 0.4) is 0 Å². The number of hydrogen-bond acceptors (Lipinski definition) is 3. The van der Waals surface area contributed by atoms with Gasteiger partial charge < -0.3 is 4.42 Å². The average Bonchev–Trinajstić information content (AvgIpc) is 3.17. The maximum absolute atomic E-state index is 11.5. The SMILES string of the molecule is C[C@@H]1C[C@H]1c1ccc(CN(C2CC2)S(N)(=O)=O)o1. The van der Waals surface area contributed by atoms with E-state index in [0.29, 0.717) is 17.6 Å². The summed E-state index contributed by atoms with van der Waals surface area (Å²) in [5, 5.41) is 5.23. The van der Waals surface area contributed by atoms with Crippen LogP contribution in [-0.4, -0.2) is 18.8 Å². The lowest BCUT2D eigenvalue weighted by Gasteiger charge is -2.17. The van der Waals surface area contributed by atoms with Crippen LogP contribution in [-0.2, 0) is 16.8 Å². The Labute approximate surface area is 107 Å². The van der Waals surface area contributed by atoms with E-state index in [1.165, 1.54) is 4.31 Å². The van der Waals surface area contributed by atoms with Gasteiger partial charge in [-0.2, -0.15) is 12.7 Å². The molecule has 2 aliphatic rings. The van der Waals surface area contributed by atoms with Gasteiger partial charge >= 0.3 is 0 Å². The summed E-state index contributed by atoms with van der Waals surface area (Å²) in [4.78, 5) is 0. The zero-order chi connectivity index (χ0) is 12.9. The molecule has 2 atom stereocenters. The molecule has 0 saturated heterocycles. The van der Waals surface area contributed by atoms with E-state index in [2.05, 4.69) is 6.92 Å². The van der Waals surface area contributed by atoms with E-state index in [-0.39, 0.29) is 12.6 Å². The molecule has 0 aliphatic heterocycles. The van der Waals surface area contributed by atoms with Gasteiger partial charge in [0.05, 0.1) is 6.54 Å². The minimum atomic E-state index is -3.63. The Bertz CT molecular complexity index is 547. The Kier molecular flexibility index (Phi) is 2.76. The summed E-state index contributed by atoms with van der Waals surface area (Å²) >= 11 is 0. The van der Waals surface area contributed by atoms with Crippen molar-refractivity contribution in [3.63, 3.8) is 0 Å². The Balaban J connectivity index is 1.73. The molecular formula is C12H18N2O3S. The summed E-state index contributed by atoms with van der Waals surface area (Å²) in [5.74, 6) is 2.86. The fourth-order valence-corrected chi connectivity index (χ4v) is 3.27. The molecule has 6 heteroatoms. The first-order chi connectivity index (χ1) is 8.45. The lowest BCUT2D eigenvalue weighted by atomic mass is 10.3. The van der Waals surface area contributed by atoms with Gasteiger partial charge in [-0.05, 0) is 37.3 Å². The lowest BCUT2D eigenvalue weighted by Crippen LogP contribution is -2.37. The third-order valence-corrected chi connectivity index (χ3v) is 4.83. The predicted octanol–water partition coefficient (Wildman–Crippen LogP) is 1.57. The van der Waals surface area contributed by atoms with Crippen LogP contribution in [0.1, 0.15) is 43.6 Å². The molecule has 18 heavy (non-hydrogen) atoms. The molecule has 0 spiro atoms. The molecule has 3 rings (SSSR count). The number of furan rings is 1. The van der Waals surface area contributed by atoms with Crippen molar-refractivity contribution in [1.82, 2.24) is 4.31 Å². The number of nitrogens with zero attached hydrogens (tertiary/aromatic N) is 1. The van der Waals surface area contributed by atoms with Crippen molar-refractivity contribution in [2.75, 3.05) is 0 Å². The lowest BCUT2D eigenvalue weighted by molar-refractivity contribution is 0.348. The molecule has 0 amide bonds.